The van der Waals surface area contributed by atoms with E-state index in [2.05, 4.69) is 15.3 Å². The molecule has 1 aliphatic rings. The quantitative estimate of drug-likeness (QED) is 0.697. The molecular formula is C14H8ClFN4S2. The van der Waals surface area contributed by atoms with Crippen molar-refractivity contribution in [1.82, 2.24) is 14.9 Å². The van der Waals surface area contributed by atoms with Crippen molar-refractivity contribution in [2.75, 3.05) is 5.75 Å². The number of nitrogens with zero attached hydrogens (tertiary/aromatic N) is 4. The van der Waals surface area contributed by atoms with Crippen LogP contribution in [0.15, 0.2) is 46.7 Å². The van der Waals surface area contributed by atoms with Crippen molar-refractivity contribution in [3.63, 3.8) is 0 Å². The monoisotopic (exact) mass is 350 g/mol. The molecule has 4 nitrogen and oxygen atoms in total. The molecule has 0 radical (unpaired) electrons. The van der Waals surface area contributed by atoms with Gasteiger partial charge in [0.1, 0.15) is 5.82 Å². The molecule has 2 aromatic heterocycles. The predicted molar refractivity (Wildman–Crippen MR) is 87.4 cm³/mol. The van der Waals surface area contributed by atoms with Crippen molar-refractivity contribution in [3.8, 4) is 11.4 Å². The molecule has 0 spiro atoms. The summed E-state index contributed by atoms with van der Waals surface area (Å²) in [5, 5.41) is 13.4. The van der Waals surface area contributed by atoms with Gasteiger partial charge >= 0.3 is 0 Å². The first kappa shape index (κ1) is 13.9. The molecule has 4 rings (SSSR count). The van der Waals surface area contributed by atoms with E-state index >= 15 is 0 Å². The van der Waals surface area contributed by atoms with Crippen molar-refractivity contribution in [3.05, 3.63) is 51.4 Å². The molecule has 0 fully saturated rings. The summed E-state index contributed by atoms with van der Waals surface area (Å²) >= 11 is 8.97. The third-order valence-electron chi connectivity index (χ3n) is 3.14. The van der Waals surface area contributed by atoms with Crippen LogP contribution in [0.2, 0.25) is 4.34 Å². The van der Waals surface area contributed by atoms with Crippen molar-refractivity contribution >= 4 is 40.4 Å². The van der Waals surface area contributed by atoms with Crippen LogP contribution in [-0.4, -0.2) is 26.3 Å². The molecule has 8 heteroatoms. The zero-order valence-corrected chi connectivity index (χ0v) is 13.4. The Bertz CT molecular complexity index is 887. The van der Waals surface area contributed by atoms with Gasteiger partial charge in [0.2, 0.25) is 5.16 Å². The van der Waals surface area contributed by atoms with Crippen LogP contribution in [-0.2, 0) is 0 Å². The third-order valence-corrected chi connectivity index (χ3v) is 5.35. The highest BCUT2D eigenvalue weighted by molar-refractivity contribution is 7.99. The molecule has 0 amide bonds. The van der Waals surface area contributed by atoms with Gasteiger partial charge in [-0.3, -0.25) is 0 Å². The number of aromatic nitrogens is 3. The number of hydrogen-bond acceptors (Lipinski definition) is 5. The number of halogens is 2. The number of thioether (sulfide) groups is 1. The fourth-order valence-electron chi connectivity index (χ4n) is 2.13. The maximum absolute atomic E-state index is 14.0. The van der Waals surface area contributed by atoms with E-state index in [4.69, 9.17) is 11.6 Å². The Morgan fingerprint density at radius 3 is 2.77 bits per heavy atom. The molecule has 22 heavy (non-hydrogen) atoms. The molecule has 0 N–H and O–H groups in total. The van der Waals surface area contributed by atoms with E-state index in [0.29, 0.717) is 26.6 Å². The lowest BCUT2D eigenvalue weighted by molar-refractivity contribution is 0.627. The molecule has 0 bridgehead atoms. The highest BCUT2D eigenvalue weighted by atomic mass is 35.5. The van der Waals surface area contributed by atoms with Gasteiger partial charge in [0.25, 0.3) is 0 Å². The molecule has 0 aliphatic carbocycles. The first-order chi connectivity index (χ1) is 10.7. The molecule has 0 atom stereocenters. The van der Waals surface area contributed by atoms with E-state index in [1.165, 1.54) is 29.2 Å². The fraction of sp³-hybridized carbons (Fsp3) is 0.0714. The molecule has 3 heterocycles. The van der Waals surface area contributed by atoms with E-state index in [1.54, 1.807) is 22.9 Å². The van der Waals surface area contributed by atoms with Crippen molar-refractivity contribution in [2.45, 2.75) is 5.16 Å². The second-order valence-electron chi connectivity index (χ2n) is 4.54. The van der Waals surface area contributed by atoms with E-state index in [-0.39, 0.29) is 5.82 Å². The number of hydrogen-bond donors (Lipinski definition) is 0. The number of rotatable bonds is 2. The predicted octanol–water partition coefficient (Wildman–Crippen LogP) is 4.16. The molecule has 1 aliphatic heterocycles. The van der Waals surface area contributed by atoms with E-state index < -0.39 is 0 Å². The Labute approximate surface area is 138 Å². The van der Waals surface area contributed by atoms with Gasteiger partial charge in [-0.2, -0.15) is 9.78 Å². The van der Waals surface area contributed by atoms with Crippen LogP contribution in [0.3, 0.4) is 0 Å². The van der Waals surface area contributed by atoms with Gasteiger partial charge in [-0.25, -0.2) is 4.39 Å². The average molecular weight is 351 g/mol. The Kier molecular flexibility index (Phi) is 3.48. The molecule has 110 valence electrons. The van der Waals surface area contributed by atoms with Gasteiger partial charge in [-0.15, -0.1) is 21.5 Å². The molecule has 0 saturated carbocycles. The summed E-state index contributed by atoms with van der Waals surface area (Å²) in [6.07, 6.45) is 0. The highest BCUT2D eigenvalue weighted by Crippen LogP contribution is 2.31. The Morgan fingerprint density at radius 2 is 2.00 bits per heavy atom. The maximum Gasteiger partial charge on any atom is 0.212 e. The van der Waals surface area contributed by atoms with Crippen LogP contribution in [0.25, 0.3) is 11.4 Å². The van der Waals surface area contributed by atoms with Crippen LogP contribution in [0, 0.1) is 5.82 Å². The normalized spacial score (nSPS) is 13.8. The standard InChI is InChI=1S/C14H8ClFN4S2/c15-12-6-5-11(22-12)10-7-21-14-18-17-13(20(14)19-10)8-3-1-2-4-9(8)16/h1-6H,7H2. The Hall–Kier alpha value is -1.70. The van der Waals surface area contributed by atoms with Crippen LogP contribution < -0.4 is 0 Å². The molecule has 0 unspecified atom stereocenters. The van der Waals surface area contributed by atoms with Crippen molar-refractivity contribution < 1.29 is 4.39 Å². The summed E-state index contributed by atoms with van der Waals surface area (Å²) in [5.41, 5.74) is 1.27. The first-order valence-electron chi connectivity index (χ1n) is 6.39. The Balaban J connectivity index is 1.83. The SMILES string of the molecule is Fc1ccccc1-c1nnc2n1N=C(c1ccc(Cl)s1)CS2. The van der Waals surface area contributed by atoms with Crippen LogP contribution in [0.5, 0.6) is 0 Å². The zero-order valence-electron chi connectivity index (χ0n) is 11.0. The van der Waals surface area contributed by atoms with Gasteiger partial charge in [-0.1, -0.05) is 35.5 Å². The largest absolute Gasteiger partial charge is 0.212 e. The van der Waals surface area contributed by atoms with Crippen molar-refractivity contribution in [2.24, 2.45) is 5.10 Å². The smallest absolute Gasteiger partial charge is 0.206 e. The second-order valence-corrected chi connectivity index (χ2v) is 7.19. The van der Waals surface area contributed by atoms with Crippen LogP contribution >= 0.6 is 34.7 Å². The number of thiophene rings is 1. The lowest BCUT2D eigenvalue weighted by atomic mass is 10.2. The van der Waals surface area contributed by atoms with E-state index in [0.717, 1.165) is 10.6 Å². The van der Waals surface area contributed by atoms with Crippen LogP contribution in [0.4, 0.5) is 4.39 Å². The molecule has 1 aromatic carbocycles. The average Bonchev–Trinajstić information content (AvgIpc) is 3.13. The molecular weight excluding hydrogens is 343 g/mol. The van der Waals surface area contributed by atoms with Crippen molar-refractivity contribution in [1.29, 1.82) is 0 Å². The lowest BCUT2D eigenvalue weighted by Crippen LogP contribution is -2.12. The summed E-state index contributed by atoms with van der Waals surface area (Å²) in [6, 6.07) is 10.3. The zero-order chi connectivity index (χ0) is 15.1. The Morgan fingerprint density at radius 1 is 1.14 bits per heavy atom. The highest BCUT2D eigenvalue weighted by Gasteiger charge is 2.22. The lowest BCUT2D eigenvalue weighted by Gasteiger charge is -2.12. The molecule has 3 aromatic rings. The van der Waals surface area contributed by atoms with Gasteiger partial charge in [0, 0.05) is 5.75 Å². The van der Waals surface area contributed by atoms with Crippen LogP contribution in [0.1, 0.15) is 4.88 Å². The topological polar surface area (TPSA) is 43.1 Å². The fourth-order valence-corrected chi connectivity index (χ4v) is 4.07. The summed E-state index contributed by atoms with van der Waals surface area (Å²) < 4.78 is 16.3. The van der Waals surface area contributed by atoms with Gasteiger partial charge in [0.05, 0.1) is 20.5 Å². The third kappa shape index (κ3) is 2.35. The maximum atomic E-state index is 14.0. The molecule has 0 saturated heterocycles. The first-order valence-corrected chi connectivity index (χ1v) is 8.57. The summed E-state index contributed by atoms with van der Waals surface area (Å²) in [4.78, 5) is 0.997. The number of fused-ring (bicyclic) bond motifs is 1. The number of benzene rings is 1. The van der Waals surface area contributed by atoms with Gasteiger partial charge in [-0.05, 0) is 24.3 Å². The second kappa shape index (κ2) is 5.49. The summed E-state index contributed by atoms with van der Waals surface area (Å²) in [6.45, 7) is 0. The summed E-state index contributed by atoms with van der Waals surface area (Å²) in [7, 11) is 0. The minimum absolute atomic E-state index is 0.343. The van der Waals surface area contributed by atoms with E-state index in [1.807, 2.05) is 12.1 Å². The van der Waals surface area contributed by atoms with Gasteiger partial charge < -0.3 is 0 Å². The van der Waals surface area contributed by atoms with E-state index in [9.17, 15) is 4.39 Å². The summed E-state index contributed by atoms with van der Waals surface area (Å²) in [5.74, 6) is 0.747. The van der Waals surface area contributed by atoms with Gasteiger partial charge in [0.15, 0.2) is 5.82 Å². The minimum atomic E-state index is -0.343. The minimum Gasteiger partial charge on any atom is -0.206 e.